The number of carboxylic acid groups (broad SMARTS) is 1. The number of rotatable bonds is 6. The first-order chi connectivity index (χ1) is 20.1. The number of methoxy groups -OCH3 is 1. The molecule has 0 amide bonds. The molecule has 230 valence electrons. The summed E-state index contributed by atoms with van der Waals surface area (Å²) in [6.45, 7) is 11.6. The lowest BCUT2D eigenvalue weighted by Gasteiger charge is -2.38. The standard InChI is InChI=1S/C32H37FN2O7S/c1-16-19(9-12-23-28(16)34-13-14-41-23)24-17(2)25-20-10-11-22(40-7)27(33)21(20)15-35(43(8,38)39)29(25)18(3)26(24)30(31(36)37)42-32(4,5)6/h9-12,30,34H,13-15H2,1-8H3,(H,36,37)/t30-/m0/s1. The van der Waals surface area contributed by atoms with Crippen LogP contribution in [-0.4, -0.2) is 51.6 Å². The minimum Gasteiger partial charge on any atom is -0.494 e. The molecule has 9 nitrogen and oxygen atoms in total. The Morgan fingerprint density at radius 1 is 1.07 bits per heavy atom. The van der Waals surface area contributed by atoms with Crippen LogP contribution in [0.1, 0.15) is 54.7 Å². The molecule has 0 aliphatic carbocycles. The third-order valence-electron chi connectivity index (χ3n) is 7.98. The molecule has 0 spiro atoms. The first kappa shape index (κ1) is 30.6. The van der Waals surface area contributed by atoms with Crippen molar-refractivity contribution >= 4 is 27.4 Å². The maximum Gasteiger partial charge on any atom is 0.337 e. The van der Waals surface area contributed by atoms with E-state index in [0.717, 1.165) is 27.4 Å². The number of ether oxygens (including phenoxy) is 3. The normalized spacial score (nSPS) is 15.0. The molecule has 1 atom stereocenters. The molecule has 43 heavy (non-hydrogen) atoms. The quantitative estimate of drug-likeness (QED) is 0.342. The van der Waals surface area contributed by atoms with Crippen LogP contribution in [0.5, 0.6) is 11.5 Å². The van der Waals surface area contributed by atoms with Gasteiger partial charge in [-0.3, -0.25) is 4.31 Å². The summed E-state index contributed by atoms with van der Waals surface area (Å²) >= 11 is 0. The van der Waals surface area contributed by atoms with E-state index in [1.807, 2.05) is 26.0 Å². The Hall–Kier alpha value is -3.83. The second kappa shape index (κ2) is 10.7. The largest absolute Gasteiger partial charge is 0.494 e. The Morgan fingerprint density at radius 3 is 2.35 bits per heavy atom. The third kappa shape index (κ3) is 5.18. The zero-order chi connectivity index (χ0) is 31.6. The van der Waals surface area contributed by atoms with E-state index in [2.05, 4.69) is 5.32 Å². The van der Waals surface area contributed by atoms with Gasteiger partial charge in [0.25, 0.3) is 0 Å². The second-order valence-corrected chi connectivity index (χ2v) is 13.9. The first-order valence-corrected chi connectivity index (χ1v) is 15.8. The van der Waals surface area contributed by atoms with Crippen molar-refractivity contribution in [1.82, 2.24) is 0 Å². The molecule has 11 heteroatoms. The molecule has 0 bridgehead atoms. The molecule has 2 aliphatic heterocycles. The second-order valence-electron chi connectivity index (χ2n) is 12.0. The van der Waals surface area contributed by atoms with Gasteiger partial charge < -0.3 is 24.6 Å². The van der Waals surface area contributed by atoms with Gasteiger partial charge in [0.1, 0.15) is 12.4 Å². The van der Waals surface area contributed by atoms with Crippen LogP contribution in [0.2, 0.25) is 0 Å². The van der Waals surface area contributed by atoms with Crippen molar-refractivity contribution in [3.05, 3.63) is 57.9 Å². The Kier molecular flexibility index (Phi) is 7.63. The highest BCUT2D eigenvalue weighted by molar-refractivity contribution is 7.92. The SMILES string of the molecule is COc1ccc2c(c1F)CN(S(C)(=O)=O)c1c(C)c([C@H](OC(C)(C)C)C(=O)O)c(-c3ccc4c(c3C)NCCO4)c(C)c1-2. The number of nitrogens with one attached hydrogen (secondary N) is 1. The van der Waals surface area contributed by atoms with Crippen LogP contribution in [0, 0.1) is 26.6 Å². The third-order valence-corrected chi connectivity index (χ3v) is 9.09. The van der Waals surface area contributed by atoms with Gasteiger partial charge in [-0.05, 0) is 87.1 Å². The van der Waals surface area contributed by atoms with Crippen LogP contribution in [-0.2, 0) is 26.1 Å². The molecule has 3 aromatic rings. The van der Waals surface area contributed by atoms with Crippen molar-refractivity contribution in [2.24, 2.45) is 0 Å². The number of benzene rings is 3. The lowest BCUT2D eigenvalue weighted by atomic mass is 9.79. The van der Waals surface area contributed by atoms with Gasteiger partial charge in [-0.25, -0.2) is 17.6 Å². The molecule has 2 N–H and O–H groups in total. The van der Waals surface area contributed by atoms with Crippen molar-refractivity contribution in [3.8, 4) is 33.8 Å². The molecule has 2 heterocycles. The number of anilines is 2. The summed E-state index contributed by atoms with van der Waals surface area (Å²) in [6, 6.07) is 6.95. The lowest BCUT2D eigenvalue weighted by molar-refractivity contribution is -0.160. The summed E-state index contributed by atoms with van der Waals surface area (Å²) < 4.78 is 60.7. The average Bonchev–Trinajstić information content (AvgIpc) is 2.93. The van der Waals surface area contributed by atoms with Gasteiger partial charge in [0.15, 0.2) is 17.7 Å². The van der Waals surface area contributed by atoms with E-state index < -0.39 is 33.5 Å². The van der Waals surface area contributed by atoms with Crippen molar-refractivity contribution in [3.63, 3.8) is 0 Å². The highest BCUT2D eigenvalue weighted by Gasteiger charge is 2.40. The fourth-order valence-corrected chi connectivity index (χ4v) is 7.12. The summed E-state index contributed by atoms with van der Waals surface area (Å²) in [4.78, 5) is 12.9. The summed E-state index contributed by atoms with van der Waals surface area (Å²) in [7, 11) is -2.59. The molecular weight excluding hydrogens is 575 g/mol. The van der Waals surface area contributed by atoms with Crippen LogP contribution in [0.3, 0.4) is 0 Å². The van der Waals surface area contributed by atoms with Gasteiger partial charge in [0, 0.05) is 23.2 Å². The van der Waals surface area contributed by atoms with Crippen LogP contribution in [0.4, 0.5) is 15.8 Å². The van der Waals surface area contributed by atoms with Crippen molar-refractivity contribution in [2.45, 2.75) is 59.8 Å². The molecule has 0 saturated heterocycles. The minimum atomic E-state index is -3.94. The molecule has 0 unspecified atom stereocenters. The van der Waals surface area contributed by atoms with Crippen LogP contribution < -0.4 is 19.1 Å². The average molecular weight is 613 g/mol. The number of sulfonamides is 1. The van der Waals surface area contributed by atoms with Crippen molar-refractivity contribution < 1.29 is 36.9 Å². The Morgan fingerprint density at radius 2 is 1.74 bits per heavy atom. The number of carboxylic acids is 1. The molecule has 0 fully saturated rings. The lowest BCUT2D eigenvalue weighted by Crippen LogP contribution is -2.35. The molecule has 2 aliphatic rings. The number of carbonyl (C=O) groups is 1. The van der Waals surface area contributed by atoms with E-state index in [4.69, 9.17) is 14.2 Å². The van der Waals surface area contributed by atoms with Crippen LogP contribution >= 0.6 is 0 Å². The molecule has 0 aromatic heterocycles. The molecule has 5 rings (SSSR count). The number of nitrogens with zero attached hydrogens (tertiary/aromatic N) is 1. The number of hydrogen-bond acceptors (Lipinski definition) is 7. The Balaban J connectivity index is 1.98. The number of halogens is 1. The predicted molar refractivity (Wildman–Crippen MR) is 164 cm³/mol. The van der Waals surface area contributed by atoms with Crippen molar-refractivity contribution in [2.75, 3.05) is 36.1 Å². The topological polar surface area (TPSA) is 114 Å². The number of aliphatic carboxylic acids is 1. The van der Waals surface area contributed by atoms with E-state index in [0.29, 0.717) is 58.0 Å². The van der Waals surface area contributed by atoms with Gasteiger partial charge in [-0.2, -0.15) is 0 Å². The van der Waals surface area contributed by atoms with E-state index >= 15 is 4.39 Å². The monoisotopic (exact) mass is 612 g/mol. The minimum absolute atomic E-state index is 0.00277. The highest BCUT2D eigenvalue weighted by Crippen LogP contribution is 2.53. The van der Waals surface area contributed by atoms with Crippen LogP contribution in [0.25, 0.3) is 22.3 Å². The smallest absolute Gasteiger partial charge is 0.337 e. The summed E-state index contributed by atoms with van der Waals surface area (Å²) in [5.74, 6) is -1.17. The fraction of sp³-hybridized carbons (Fsp3) is 0.406. The fourth-order valence-electron chi connectivity index (χ4n) is 6.20. The Bertz CT molecular complexity index is 1760. The van der Waals surface area contributed by atoms with Crippen LogP contribution in [0.15, 0.2) is 24.3 Å². The molecular formula is C32H37FN2O7S. The van der Waals surface area contributed by atoms with E-state index in [1.165, 1.54) is 13.2 Å². The van der Waals surface area contributed by atoms with Crippen molar-refractivity contribution in [1.29, 1.82) is 0 Å². The van der Waals surface area contributed by atoms with E-state index in [-0.39, 0.29) is 17.9 Å². The maximum absolute atomic E-state index is 15.8. The molecule has 0 saturated carbocycles. The van der Waals surface area contributed by atoms with E-state index in [1.54, 1.807) is 33.8 Å². The maximum atomic E-state index is 15.8. The zero-order valence-electron chi connectivity index (χ0n) is 25.6. The van der Waals surface area contributed by atoms with Gasteiger partial charge in [-0.15, -0.1) is 0 Å². The molecule has 3 aromatic carbocycles. The van der Waals surface area contributed by atoms with Gasteiger partial charge in [0.05, 0.1) is 36.9 Å². The van der Waals surface area contributed by atoms with E-state index in [9.17, 15) is 18.3 Å². The summed E-state index contributed by atoms with van der Waals surface area (Å²) in [6.07, 6.45) is -0.379. The highest BCUT2D eigenvalue weighted by atomic mass is 32.2. The number of hydrogen-bond donors (Lipinski definition) is 2. The predicted octanol–water partition coefficient (Wildman–Crippen LogP) is 6.12. The zero-order valence-corrected chi connectivity index (χ0v) is 26.5. The first-order valence-electron chi connectivity index (χ1n) is 14.0. The van der Waals surface area contributed by atoms with Gasteiger partial charge >= 0.3 is 5.97 Å². The Labute approximate surface area is 251 Å². The van der Waals surface area contributed by atoms with Gasteiger partial charge in [0.2, 0.25) is 10.0 Å². The summed E-state index contributed by atoms with van der Waals surface area (Å²) in [5, 5.41) is 14.0. The van der Waals surface area contributed by atoms with Gasteiger partial charge in [-0.1, -0.05) is 12.1 Å². The summed E-state index contributed by atoms with van der Waals surface area (Å²) in [5.41, 5.74) is 4.94. The number of fused-ring (bicyclic) bond motifs is 4. The molecule has 0 radical (unpaired) electrons.